The second-order valence-electron chi connectivity index (χ2n) is 4.37. The quantitative estimate of drug-likeness (QED) is 0.745. The van der Waals surface area contributed by atoms with Crippen molar-refractivity contribution in [1.29, 1.82) is 0 Å². The summed E-state index contributed by atoms with van der Waals surface area (Å²) in [5, 5.41) is 0. The summed E-state index contributed by atoms with van der Waals surface area (Å²) in [4.78, 5) is 4.16. The minimum Gasteiger partial charge on any atom is -0.489 e. The largest absolute Gasteiger partial charge is 0.489 e. The van der Waals surface area contributed by atoms with E-state index in [-0.39, 0.29) is 6.10 Å². The number of nitrogens with zero attached hydrogens (tertiary/aromatic N) is 1. The monoisotopic (exact) mass is 257 g/mol. The van der Waals surface area contributed by atoms with Crippen LogP contribution in [-0.2, 0) is 11.3 Å². The first kappa shape index (κ1) is 12.0. The third kappa shape index (κ3) is 3.69. The molecule has 0 unspecified atom stereocenters. The molecule has 1 aromatic carbocycles. The standard InChI is InChI=1S/C15H15NO3/c1-2-4-13(5-3-1)17-9-12-6-7-16-15(8-12)19-11-14-10-18-14/h1-8,14H,9-11H2/t14-/m1/s1. The van der Waals surface area contributed by atoms with Crippen LogP contribution in [0.4, 0.5) is 0 Å². The Morgan fingerprint density at radius 2 is 2.00 bits per heavy atom. The van der Waals surface area contributed by atoms with Crippen molar-refractivity contribution in [2.24, 2.45) is 0 Å². The first-order valence-corrected chi connectivity index (χ1v) is 6.27. The van der Waals surface area contributed by atoms with Crippen LogP contribution in [0.1, 0.15) is 5.56 Å². The molecule has 0 bridgehead atoms. The zero-order valence-electron chi connectivity index (χ0n) is 10.5. The van der Waals surface area contributed by atoms with E-state index in [1.807, 2.05) is 42.5 Å². The van der Waals surface area contributed by atoms with Gasteiger partial charge in [-0.2, -0.15) is 0 Å². The van der Waals surface area contributed by atoms with Crippen LogP contribution in [0.3, 0.4) is 0 Å². The first-order valence-electron chi connectivity index (χ1n) is 6.27. The predicted octanol–water partition coefficient (Wildman–Crippen LogP) is 2.44. The Balaban J connectivity index is 1.56. The van der Waals surface area contributed by atoms with Crippen LogP contribution < -0.4 is 9.47 Å². The summed E-state index contributed by atoms with van der Waals surface area (Å²) in [5.74, 6) is 1.47. The molecular formula is C15H15NO3. The highest BCUT2D eigenvalue weighted by atomic mass is 16.6. The van der Waals surface area contributed by atoms with Gasteiger partial charge in [-0.15, -0.1) is 0 Å². The van der Waals surface area contributed by atoms with Crippen LogP contribution in [0.15, 0.2) is 48.7 Å². The van der Waals surface area contributed by atoms with Gasteiger partial charge in [0.15, 0.2) is 0 Å². The van der Waals surface area contributed by atoms with Crippen LogP contribution in [0, 0.1) is 0 Å². The summed E-state index contributed by atoms with van der Waals surface area (Å²) in [6, 6.07) is 13.5. The molecule has 19 heavy (non-hydrogen) atoms. The van der Waals surface area contributed by atoms with Crippen molar-refractivity contribution in [3.63, 3.8) is 0 Å². The molecule has 0 amide bonds. The number of ether oxygens (including phenoxy) is 3. The molecule has 3 rings (SSSR count). The Labute approximate surface area is 112 Å². The Hall–Kier alpha value is -2.07. The smallest absolute Gasteiger partial charge is 0.213 e. The number of aromatic nitrogens is 1. The molecule has 0 radical (unpaired) electrons. The highest BCUT2D eigenvalue weighted by Crippen LogP contribution is 2.16. The molecule has 1 fully saturated rings. The fourth-order valence-electron chi connectivity index (χ4n) is 1.65. The molecule has 0 spiro atoms. The minimum atomic E-state index is 0.242. The Kier molecular flexibility index (Phi) is 3.61. The van der Waals surface area contributed by atoms with Crippen molar-refractivity contribution < 1.29 is 14.2 Å². The summed E-state index contributed by atoms with van der Waals surface area (Å²) >= 11 is 0. The van der Waals surface area contributed by atoms with E-state index in [0.717, 1.165) is 17.9 Å². The van der Waals surface area contributed by atoms with Crippen molar-refractivity contribution in [2.75, 3.05) is 13.2 Å². The van der Waals surface area contributed by atoms with Gasteiger partial charge in [-0.1, -0.05) is 18.2 Å². The molecule has 4 nitrogen and oxygen atoms in total. The summed E-state index contributed by atoms with van der Waals surface area (Å²) in [6.07, 6.45) is 1.97. The van der Waals surface area contributed by atoms with Gasteiger partial charge in [-0.25, -0.2) is 4.98 Å². The van der Waals surface area contributed by atoms with Crippen LogP contribution in [0.5, 0.6) is 11.6 Å². The zero-order valence-corrected chi connectivity index (χ0v) is 10.5. The molecule has 1 aromatic heterocycles. The van der Waals surface area contributed by atoms with Crippen LogP contribution in [0.25, 0.3) is 0 Å². The maximum atomic E-state index is 5.68. The molecule has 1 aliphatic heterocycles. The van der Waals surface area contributed by atoms with E-state index < -0.39 is 0 Å². The van der Waals surface area contributed by atoms with Crippen LogP contribution >= 0.6 is 0 Å². The molecule has 1 aliphatic rings. The Morgan fingerprint density at radius 3 is 2.79 bits per heavy atom. The van der Waals surface area contributed by atoms with Gasteiger partial charge in [0.1, 0.15) is 25.1 Å². The average Bonchev–Trinajstić information content (AvgIpc) is 3.29. The summed E-state index contributed by atoms with van der Waals surface area (Å²) in [5.41, 5.74) is 1.03. The third-order valence-corrected chi connectivity index (χ3v) is 2.77. The molecule has 2 heterocycles. The number of hydrogen-bond acceptors (Lipinski definition) is 4. The average molecular weight is 257 g/mol. The maximum absolute atomic E-state index is 5.68. The SMILES string of the molecule is c1ccc(OCc2ccnc(OC[C@H]3CO3)c2)cc1. The summed E-state index contributed by atoms with van der Waals surface area (Å²) in [7, 11) is 0. The maximum Gasteiger partial charge on any atom is 0.213 e. The van der Waals surface area contributed by atoms with Gasteiger partial charge in [0.25, 0.3) is 0 Å². The predicted molar refractivity (Wildman–Crippen MR) is 70.2 cm³/mol. The van der Waals surface area contributed by atoms with Crippen LogP contribution in [-0.4, -0.2) is 24.3 Å². The molecule has 1 atom stereocenters. The topological polar surface area (TPSA) is 43.9 Å². The lowest BCUT2D eigenvalue weighted by Crippen LogP contribution is -2.05. The van der Waals surface area contributed by atoms with E-state index in [9.17, 15) is 0 Å². The number of para-hydroxylation sites is 1. The van der Waals surface area contributed by atoms with Crippen molar-refractivity contribution in [2.45, 2.75) is 12.7 Å². The van der Waals surface area contributed by atoms with Gasteiger partial charge in [0, 0.05) is 12.3 Å². The van der Waals surface area contributed by atoms with Gasteiger partial charge in [-0.3, -0.25) is 0 Å². The van der Waals surface area contributed by atoms with Gasteiger partial charge >= 0.3 is 0 Å². The van der Waals surface area contributed by atoms with Gasteiger partial charge in [-0.05, 0) is 23.8 Å². The molecule has 98 valence electrons. The van der Waals surface area contributed by atoms with Gasteiger partial charge < -0.3 is 14.2 Å². The Bertz CT molecular complexity index is 526. The minimum absolute atomic E-state index is 0.242. The van der Waals surface area contributed by atoms with E-state index >= 15 is 0 Å². The highest BCUT2D eigenvalue weighted by molar-refractivity contribution is 5.23. The number of rotatable bonds is 6. The molecule has 0 saturated carbocycles. The van der Waals surface area contributed by atoms with Crippen LogP contribution in [0.2, 0.25) is 0 Å². The van der Waals surface area contributed by atoms with Gasteiger partial charge in [0.05, 0.1) is 6.61 Å². The van der Waals surface area contributed by atoms with E-state index in [2.05, 4.69) is 4.98 Å². The lowest BCUT2D eigenvalue weighted by molar-refractivity contribution is 0.253. The van der Waals surface area contributed by atoms with Gasteiger partial charge in [0.2, 0.25) is 5.88 Å². The second kappa shape index (κ2) is 5.71. The molecule has 4 heteroatoms. The zero-order chi connectivity index (χ0) is 12.9. The second-order valence-corrected chi connectivity index (χ2v) is 4.37. The van der Waals surface area contributed by atoms with Crippen molar-refractivity contribution in [3.05, 3.63) is 54.2 Å². The lowest BCUT2D eigenvalue weighted by Gasteiger charge is -2.07. The van der Waals surface area contributed by atoms with Crippen molar-refractivity contribution in [1.82, 2.24) is 4.98 Å². The van der Waals surface area contributed by atoms with Crippen molar-refractivity contribution >= 4 is 0 Å². The number of hydrogen-bond donors (Lipinski definition) is 0. The van der Waals surface area contributed by atoms with E-state index in [1.165, 1.54) is 0 Å². The first-order chi connectivity index (χ1) is 9.40. The number of pyridine rings is 1. The summed E-state index contributed by atoms with van der Waals surface area (Å²) in [6.45, 7) is 1.86. The third-order valence-electron chi connectivity index (χ3n) is 2.77. The fraction of sp³-hybridized carbons (Fsp3) is 0.267. The Morgan fingerprint density at radius 1 is 1.16 bits per heavy atom. The lowest BCUT2D eigenvalue weighted by atomic mass is 10.3. The number of epoxide rings is 1. The molecule has 0 N–H and O–H groups in total. The van der Waals surface area contributed by atoms with Crippen molar-refractivity contribution in [3.8, 4) is 11.6 Å². The molecule has 1 saturated heterocycles. The molecular weight excluding hydrogens is 242 g/mol. The summed E-state index contributed by atoms with van der Waals surface area (Å²) < 4.78 is 16.3. The van der Waals surface area contributed by atoms with E-state index in [0.29, 0.717) is 19.1 Å². The normalized spacial score (nSPS) is 16.9. The van der Waals surface area contributed by atoms with E-state index in [1.54, 1.807) is 6.20 Å². The fourth-order valence-corrected chi connectivity index (χ4v) is 1.65. The highest BCUT2D eigenvalue weighted by Gasteiger charge is 2.23. The number of benzene rings is 1. The molecule has 0 aliphatic carbocycles. The van der Waals surface area contributed by atoms with E-state index in [4.69, 9.17) is 14.2 Å². The molecule has 2 aromatic rings.